The fraction of sp³-hybridized carbons (Fsp3) is 0.250. The molecule has 0 aliphatic heterocycles. The predicted octanol–water partition coefficient (Wildman–Crippen LogP) is 2.62. The number of aromatic hydroxyl groups is 1. The molecule has 1 aliphatic rings. The highest BCUT2D eigenvalue weighted by molar-refractivity contribution is 7.50. The van der Waals surface area contributed by atoms with Gasteiger partial charge in [-0.25, -0.2) is 4.57 Å². The summed E-state index contributed by atoms with van der Waals surface area (Å²) >= 11 is 0. The normalized spacial score (nSPS) is 20.7. The highest BCUT2D eigenvalue weighted by Gasteiger charge is 2.28. The number of hydrogen-bond donors (Lipinski definition) is 4. The summed E-state index contributed by atoms with van der Waals surface area (Å²) < 4.78 is 14.4. The summed E-state index contributed by atoms with van der Waals surface area (Å²) in [6.45, 7) is 1.80. The Kier molecular flexibility index (Phi) is 5.39. The molecule has 128 valence electrons. The number of nitrogens with zero attached hydrogens (tertiary/aromatic N) is 1. The van der Waals surface area contributed by atoms with Crippen LogP contribution in [0.15, 0.2) is 53.0 Å². The van der Waals surface area contributed by atoms with Gasteiger partial charge in [0, 0.05) is 6.42 Å². The maximum atomic E-state index is 12.5. The summed E-state index contributed by atoms with van der Waals surface area (Å²) in [5, 5.41) is 19.1. The molecule has 0 aromatic heterocycles. The van der Waals surface area contributed by atoms with Gasteiger partial charge in [0.05, 0.1) is 11.6 Å². The van der Waals surface area contributed by atoms with E-state index < -0.39 is 13.7 Å². The van der Waals surface area contributed by atoms with Crippen molar-refractivity contribution in [2.45, 2.75) is 19.3 Å². The van der Waals surface area contributed by atoms with E-state index in [0.29, 0.717) is 0 Å². The van der Waals surface area contributed by atoms with Crippen LogP contribution in [0.1, 0.15) is 24.8 Å². The van der Waals surface area contributed by atoms with Crippen LogP contribution in [-0.4, -0.2) is 31.5 Å². The van der Waals surface area contributed by atoms with Gasteiger partial charge in [0.1, 0.15) is 17.3 Å². The Morgan fingerprint density at radius 1 is 1.29 bits per heavy atom. The highest BCUT2D eigenvalue weighted by Crippen LogP contribution is 2.38. The number of allylic oxidation sites excluding steroid dienone is 3. The van der Waals surface area contributed by atoms with E-state index in [-0.39, 0.29) is 35.3 Å². The van der Waals surface area contributed by atoms with Crippen LogP contribution in [0.2, 0.25) is 0 Å². The van der Waals surface area contributed by atoms with Crippen molar-refractivity contribution in [2.75, 3.05) is 0 Å². The van der Waals surface area contributed by atoms with Crippen molar-refractivity contribution in [1.82, 2.24) is 0 Å². The van der Waals surface area contributed by atoms with Crippen molar-refractivity contribution in [3.05, 3.63) is 53.8 Å². The van der Waals surface area contributed by atoms with E-state index in [2.05, 4.69) is 4.76 Å². The molecule has 4 N–H and O–H groups in total. The number of carbonyl (C=O) groups is 1. The van der Waals surface area contributed by atoms with E-state index in [4.69, 9.17) is 9.79 Å². The van der Waals surface area contributed by atoms with Crippen molar-refractivity contribution < 1.29 is 29.4 Å². The van der Waals surface area contributed by atoms with Gasteiger partial charge >= 0.3 is 7.75 Å². The number of aliphatic hydroxyl groups excluding tert-OH is 1. The number of carbonyl (C=O) groups excluding carboxylic acids is 1. The average Bonchev–Trinajstić information content (AvgIpc) is 2.47. The Balaban J connectivity index is 2.21. The first-order valence-electron chi connectivity index (χ1n) is 7.22. The lowest BCUT2D eigenvalue weighted by Gasteiger charge is -2.19. The topological polar surface area (TPSA) is 127 Å². The van der Waals surface area contributed by atoms with Crippen molar-refractivity contribution in [3.8, 4) is 5.75 Å². The molecule has 2 unspecified atom stereocenters. The summed E-state index contributed by atoms with van der Waals surface area (Å²) in [5.41, 5.74) is 0.672. The molecule has 1 aliphatic carbocycles. The maximum absolute atomic E-state index is 12.5. The van der Waals surface area contributed by atoms with E-state index in [1.165, 1.54) is 24.3 Å². The zero-order valence-electron chi connectivity index (χ0n) is 12.9. The first-order valence-corrected chi connectivity index (χ1v) is 8.78. The van der Waals surface area contributed by atoms with Crippen LogP contribution in [0.4, 0.5) is 0 Å². The van der Waals surface area contributed by atoms with Gasteiger partial charge in [0.15, 0.2) is 0 Å². The second kappa shape index (κ2) is 7.13. The fourth-order valence-electron chi connectivity index (χ4n) is 2.47. The highest BCUT2D eigenvalue weighted by atomic mass is 31.2. The quantitative estimate of drug-likeness (QED) is 0.604. The molecule has 0 radical (unpaired) electrons. The third-order valence-electron chi connectivity index (χ3n) is 3.62. The van der Waals surface area contributed by atoms with Gasteiger partial charge in [0.25, 0.3) is 0 Å². The second-order valence-electron chi connectivity index (χ2n) is 5.61. The van der Waals surface area contributed by atoms with E-state index in [1.54, 1.807) is 25.1 Å². The van der Waals surface area contributed by atoms with Crippen LogP contribution >= 0.6 is 7.75 Å². The minimum absolute atomic E-state index is 0.0614. The lowest BCUT2D eigenvalue weighted by atomic mass is 9.86. The van der Waals surface area contributed by atoms with E-state index in [0.717, 1.165) is 5.56 Å². The molecule has 1 aromatic rings. The van der Waals surface area contributed by atoms with Crippen molar-refractivity contribution in [3.63, 3.8) is 0 Å². The molecule has 7 nitrogen and oxygen atoms in total. The zero-order chi connectivity index (χ0) is 17.9. The van der Waals surface area contributed by atoms with E-state index >= 15 is 0 Å². The molecule has 2 rings (SSSR count). The number of phenolic OH excluding ortho intramolecular Hbond substituents is 1. The summed E-state index contributed by atoms with van der Waals surface area (Å²) in [6, 6.07) is 6.52. The minimum atomic E-state index is -4.69. The lowest BCUT2D eigenvalue weighted by Crippen LogP contribution is -2.24. The molecule has 1 aromatic carbocycles. The van der Waals surface area contributed by atoms with Gasteiger partial charge in [-0.3, -0.25) is 4.79 Å². The third-order valence-corrected chi connectivity index (χ3v) is 4.11. The SMILES string of the molecule is CC(CC(=O)C1C=C(O)C=CC1=NP(=O)(O)O)c1cccc(O)c1. The van der Waals surface area contributed by atoms with E-state index in [1.807, 2.05) is 0 Å². The van der Waals surface area contributed by atoms with E-state index in [9.17, 15) is 19.6 Å². The molecule has 0 heterocycles. The minimum Gasteiger partial charge on any atom is -0.508 e. The Bertz CT molecular complexity index is 777. The standard InChI is InChI=1S/C16H18NO6P/c1-10(11-3-2-4-12(18)8-11)7-16(20)14-9-13(19)5-6-15(14)17-24(21,22)23/h2-6,8-10,14,18-19H,7H2,1H3,(H2,21,22,23). The molecule has 0 spiro atoms. The number of aliphatic hydroxyl groups is 1. The second-order valence-corrected chi connectivity index (χ2v) is 6.83. The molecule has 2 atom stereocenters. The maximum Gasteiger partial charge on any atom is 0.448 e. The Labute approximate surface area is 138 Å². The summed E-state index contributed by atoms with van der Waals surface area (Å²) in [6.07, 6.45) is 3.71. The Morgan fingerprint density at radius 2 is 2.00 bits per heavy atom. The van der Waals surface area contributed by atoms with Gasteiger partial charge in [-0.1, -0.05) is 19.1 Å². The Morgan fingerprint density at radius 3 is 2.62 bits per heavy atom. The molecule has 0 bridgehead atoms. The zero-order valence-corrected chi connectivity index (χ0v) is 13.8. The first-order chi connectivity index (χ1) is 11.2. The smallest absolute Gasteiger partial charge is 0.448 e. The molecule has 8 heteroatoms. The summed E-state index contributed by atoms with van der Waals surface area (Å²) in [7, 11) is -4.69. The van der Waals surface area contributed by atoms with Gasteiger partial charge < -0.3 is 20.0 Å². The van der Waals surface area contributed by atoms with Gasteiger partial charge in [-0.05, 0) is 41.8 Å². The average molecular weight is 351 g/mol. The van der Waals surface area contributed by atoms with Crippen LogP contribution in [0.25, 0.3) is 0 Å². The van der Waals surface area contributed by atoms with Crippen LogP contribution in [-0.2, 0) is 9.36 Å². The van der Waals surface area contributed by atoms with Crippen molar-refractivity contribution in [2.24, 2.45) is 10.7 Å². The van der Waals surface area contributed by atoms with Gasteiger partial charge in [-0.2, -0.15) is 4.76 Å². The molecule has 0 fully saturated rings. The van der Waals surface area contributed by atoms with Gasteiger partial charge in [0.2, 0.25) is 0 Å². The first kappa shape index (κ1) is 18.1. The van der Waals surface area contributed by atoms with Crippen LogP contribution in [0, 0.1) is 5.92 Å². The largest absolute Gasteiger partial charge is 0.508 e. The number of ketones is 1. The monoisotopic (exact) mass is 351 g/mol. The molecule has 0 amide bonds. The van der Waals surface area contributed by atoms with Crippen LogP contribution in [0.3, 0.4) is 0 Å². The molecule has 0 saturated heterocycles. The number of benzene rings is 1. The Hall–Kier alpha value is -2.21. The number of hydrogen-bond acceptors (Lipinski definition) is 4. The van der Waals surface area contributed by atoms with Gasteiger partial charge in [-0.15, -0.1) is 0 Å². The summed E-state index contributed by atoms with van der Waals surface area (Å²) in [4.78, 5) is 30.5. The molecular formula is C16H18NO6P. The van der Waals surface area contributed by atoms with Crippen LogP contribution < -0.4 is 0 Å². The lowest BCUT2D eigenvalue weighted by molar-refractivity contribution is -0.120. The van der Waals surface area contributed by atoms with Crippen molar-refractivity contribution in [1.29, 1.82) is 0 Å². The number of phenols is 1. The van der Waals surface area contributed by atoms with Crippen molar-refractivity contribution >= 4 is 19.2 Å². The number of rotatable bonds is 5. The predicted molar refractivity (Wildman–Crippen MR) is 89.0 cm³/mol. The third kappa shape index (κ3) is 4.89. The molecular weight excluding hydrogens is 333 g/mol. The molecule has 0 saturated carbocycles. The molecule has 24 heavy (non-hydrogen) atoms. The number of Topliss-reactive ketones (excluding diaryl/α,β-unsaturated/α-hetero) is 1. The van der Waals surface area contributed by atoms with Crippen LogP contribution in [0.5, 0.6) is 5.75 Å². The summed E-state index contributed by atoms with van der Waals surface area (Å²) in [5.74, 6) is -1.66. The fourth-order valence-corrected chi connectivity index (χ4v) is 2.96.